The van der Waals surface area contributed by atoms with Crippen molar-refractivity contribution in [3.63, 3.8) is 0 Å². The number of benzene rings is 2. The number of hydrogen-bond acceptors (Lipinski definition) is 6. The Morgan fingerprint density at radius 3 is 2.85 bits per heavy atom. The van der Waals surface area contributed by atoms with Crippen molar-refractivity contribution in [2.45, 2.75) is 11.8 Å². The lowest BCUT2D eigenvalue weighted by Crippen LogP contribution is -2.28. The molecule has 1 N–H and O–H groups in total. The molecule has 1 aromatic heterocycles. The van der Waals surface area contributed by atoms with Crippen molar-refractivity contribution in [3.8, 4) is 0 Å². The molecule has 0 saturated heterocycles. The van der Waals surface area contributed by atoms with Crippen LogP contribution in [-0.2, 0) is 20.9 Å². The van der Waals surface area contributed by atoms with E-state index in [0.29, 0.717) is 22.4 Å². The summed E-state index contributed by atoms with van der Waals surface area (Å²) in [6.07, 6.45) is 0. The summed E-state index contributed by atoms with van der Waals surface area (Å²) < 4.78 is 10.4. The third-order valence-electron chi connectivity index (χ3n) is 3.33. The minimum atomic E-state index is -0.518. The Bertz CT molecular complexity index is 895. The summed E-state index contributed by atoms with van der Waals surface area (Å²) in [5, 5.41) is 3.64. The van der Waals surface area contributed by atoms with Crippen LogP contribution in [-0.4, -0.2) is 29.2 Å². The quantitative estimate of drug-likeness (QED) is 0.491. The number of aromatic nitrogens is 1. The lowest BCUT2D eigenvalue weighted by atomic mass is 10.2. The van der Waals surface area contributed by atoms with E-state index in [0.717, 1.165) is 22.8 Å². The third kappa shape index (κ3) is 5.24. The molecule has 0 fully saturated rings. The van der Waals surface area contributed by atoms with Gasteiger partial charge < -0.3 is 14.5 Å². The second-order valence-electron chi connectivity index (χ2n) is 5.30. The highest BCUT2D eigenvalue weighted by atomic mass is 35.5. The molecule has 0 atom stereocenters. The Labute approximate surface area is 158 Å². The monoisotopic (exact) mass is 390 g/mol. The molecule has 0 radical (unpaired) electrons. The number of ether oxygens (including phenoxy) is 1. The van der Waals surface area contributed by atoms with Gasteiger partial charge in [-0.15, -0.1) is 0 Å². The van der Waals surface area contributed by atoms with E-state index < -0.39 is 5.97 Å². The van der Waals surface area contributed by atoms with E-state index >= 15 is 0 Å². The first-order chi connectivity index (χ1) is 12.6. The topological polar surface area (TPSA) is 81.4 Å². The zero-order valence-corrected chi connectivity index (χ0v) is 15.2. The molecule has 8 heteroatoms. The largest absolute Gasteiger partial charge is 0.455 e. The first-order valence-corrected chi connectivity index (χ1v) is 9.11. The van der Waals surface area contributed by atoms with Crippen molar-refractivity contribution in [1.29, 1.82) is 0 Å². The molecule has 1 amide bonds. The molecular formula is C18H15ClN2O4S. The summed E-state index contributed by atoms with van der Waals surface area (Å²) in [6, 6.07) is 14.5. The number of rotatable bonds is 7. The molecule has 0 spiro atoms. The van der Waals surface area contributed by atoms with Gasteiger partial charge in [0.2, 0.25) is 0 Å². The normalized spacial score (nSPS) is 10.7. The molecule has 1 heterocycles. The van der Waals surface area contributed by atoms with E-state index in [9.17, 15) is 9.59 Å². The molecule has 3 aromatic rings. The maximum Gasteiger partial charge on any atom is 0.316 e. The number of amides is 1. The van der Waals surface area contributed by atoms with Crippen LogP contribution in [0.1, 0.15) is 5.56 Å². The summed E-state index contributed by atoms with van der Waals surface area (Å²) in [5.41, 5.74) is 2.25. The maximum atomic E-state index is 11.7. The lowest BCUT2D eigenvalue weighted by Gasteiger charge is -2.06. The molecule has 3 rings (SSSR count). The number of nitrogens with one attached hydrogen (secondary N) is 1. The fourth-order valence-corrected chi connectivity index (χ4v) is 2.97. The van der Waals surface area contributed by atoms with Gasteiger partial charge in [0.1, 0.15) is 11.3 Å². The van der Waals surface area contributed by atoms with E-state index in [2.05, 4.69) is 10.3 Å². The molecule has 0 aliphatic carbocycles. The van der Waals surface area contributed by atoms with Crippen LogP contribution in [0.25, 0.3) is 11.1 Å². The van der Waals surface area contributed by atoms with Gasteiger partial charge in [-0.1, -0.05) is 47.6 Å². The van der Waals surface area contributed by atoms with Gasteiger partial charge in [0.15, 0.2) is 12.2 Å². The van der Waals surface area contributed by atoms with Gasteiger partial charge >= 0.3 is 5.97 Å². The predicted octanol–water partition coefficient (Wildman–Crippen LogP) is 3.43. The van der Waals surface area contributed by atoms with Crippen molar-refractivity contribution >= 4 is 46.3 Å². The van der Waals surface area contributed by atoms with Gasteiger partial charge in [0, 0.05) is 11.6 Å². The molecule has 0 aliphatic rings. The van der Waals surface area contributed by atoms with Crippen molar-refractivity contribution < 1.29 is 18.7 Å². The van der Waals surface area contributed by atoms with Crippen LogP contribution in [0.4, 0.5) is 0 Å². The number of nitrogens with zero attached hydrogens (tertiary/aromatic N) is 1. The van der Waals surface area contributed by atoms with Crippen LogP contribution in [0.5, 0.6) is 0 Å². The standard InChI is InChI=1S/C18H15ClN2O4S/c19-13-5-3-4-12(8-13)9-20-16(22)10-24-17(23)11-26-18-21-14-6-1-2-7-15(14)25-18/h1-8H,9-11H2,(H,20,22). The van der Waals surface area contributed by atoms with Crippen LogP contribution in [0.2, 0.25) is 5.02 Å². The number of hydrogen-bond donors (Lipinski definition) is 1. The van der Waals surface area contributed by atoms with Crippen molar-refractivity contribution in [1.82, 2.24) is 10.3 Å². The number of carbonyl (C=O) groups excluding carboxylic acids is 2. The number of thioether (sulfide) groups is 1. The van der Waals surface area contributed by atoms with E-state index in [-0.39, 0.29) is 18.3 Å². The predicted molar refractivity (Wildman–Crippen MR) is 99.0 cm³/mol. The maximum absolute atomic E-state index is 11.7. The average Bonchev–Trinajstić information content (AvgIpc) is 3.06. The Morgan fingerprint density at radius 2 is 2.04 bits per heavy atom. The van der Waals surface area contributed by atoms with Gasteiger partial charge in [-0.05, 0) is 29.8 Å². The Kier molecular flexibility index (Phi) is 6.14. The van der Waals surface area contributed by atoms with E-state index in [1.165, 1.54) is 0 Å². The summed E-state index contributed by atoms with van der Waals surface area (Å²) >= 11 is 7.00. The number of esters is 1. The van der Waals surface area contributed by atoms with Crippen molar-refractivity contribution in [2.24, 2.45) is 0 Å². The van der Waals surface area contributed by atoms with E-state index in [1.807, 2.05) is 24.3 Å². The van der Waals surface area contributed by atoms with Crippen LogP contribution >= 0.6 is 23.4 Å². The molecular weight excluding hydrogens is 376 g/mol. The fourth-order valence-electron chi connectivity index (χ4n) is 2.12. The second-order valence-corrected chi connectivity index (χ2v) is 6.67. The van der Waals surface area contributed by atoms with Crippen molar-refractivity contribution in [2.75, 3.05) is 12.4 Å². The number of halogens is 1. The zero-order chi connectivity index (χ0) is 18.4. The smallest absolute Gasteiger partial charge is 0.316 e. The minimum absolute atomic E-state index is 0.00833. The molecule has 2 aromatic carbocycles. The SMILES string of the molecule is O=C(COC(=O)CSc1nc2ccccc2o1)NCc1cccc(Cl)c1. The highest BCUT2D eigenvalue weighted by molar-refractivity contribution is 7.99. The Morgan fingerprint density at radius 1 is 1.19 bits per heavy atom. The molecule has 0 saturated carbocycles. The lowest BCUT2D eigenvalue weighted by molar-refractivity contribution is -0.145. The van der Waals surface area contributed by atoms with E-state index in [4.69, 9.17) is 20.8 Å². The molecule has 0 bridgehead atoms. The highest BCUT2D eigenvalue weighted by Gasteiger charge is 2.11. The van der Waals surface area contributed by atoms with Gasteiger partial charge in [-0.25, -0.2) is 4.98 Å². The van der Waals surface area contributed by atoms with Gasteiger partial charge in [-0.3, -0.25) is 9.59 Å². The summed E-state index contributed by atoms with van der Waals surface area (Å²) in [6.45, 7) is -0.0257. The van der Waals surface area contributed by atoms with Crippen molar-refractivity contribution in [3.05, 3.63) is 59.1 Å². The molecule has 6 nitrogen and oxygen atoms in total. The highest BCUT2D eigenvalue weighted by Crippen LogP contribution is 2.23. The van der Waals surface area contributed by atoms with E-state index in [1.54, 1.807) is 24.3 Å². The molecule has 26 heavy (non-hydrogen) atoms. The molecule has 134 valence electrons. The first-order valence-electron chi connectivity index (χ1n) is 7.75. The second kappa shape index (κ2) is 8.73. The number of carbonyl (C=O) groups is 2. The number of oxazole rings is 1. The summed E-state index contributed by atoms with van der Waals surface area (Å²) in [4.78, 5) is 27.7. The number of fused-ring (bicyclic) bond motifs is 1. The average molecular weight is 391 g/mol. The summed E-state index contributed by atoms with van der Waals surface area (Å²) in [7, 11) is 0. The fraction of sp³-hybridized carbons (Fsp3) is 0.167. The first kappa shape index (κ1) is 18.3. The number of para-hydroxylation sites is 2. The minimum Gasteiger partial charge on any atom is -0.455 e. The Hall–Kier alpha value is -2.51. The molecule has 0 unspecified atom stereocenters. The molecule has 0 aliphatic heterocycles. The van der Waals surface area contributed by atoms with Crippen LogP contribution in [0.3, 0.4) is 0 Å². The van der Waals surface area contributed by atoms with Gasteiger partial charge in [0.05, 0.1) is 0 Å². The van der Waals surface area contributed by atoms with Gasteiger partial charge in [0.25, 0.3) is 11.1 Å². The van der Waals surface area contributed by atoms with Crippen LogP contribution in [0.15, 0.2) is 58.2 Å². The summed E-state index contributed by atoms with van der Waals surface area (Å²) in [5.74, 6) is -0.894. The Balaban J connectivity index is 1.38. The zero-order valence-electron chi connectivity index (χ0n) is 13.6. The van der Waals surface area contributed by atoms with Gasteiger partial charge in [-0.2, -0.15) is 0 Å². The third-order valence-corrected chi connectivity index (χ3v) is 4.37. The van der Waals surface area contributed by atoms with Crippen LogP contribution < -0.4 is 5.32 Å². The van der Waals surface area contributed by atoms with Crippen LogP contribution in [0, 0.1) is 0 Å².